The van der Waals surface area contributed by atoms with Crippen LogP contribution in [0.3, 0.4) is 0 Å². The van der Waals surface area contributed by atoms with Crippen molar-refractivity contribution in [2.45, 2.75) is 36.9 Å². The molecule has 3 aliphatic rings. The molecule has 0 fully saturated rings. The zero-order valence-electron chi connectivity index (χ0n) is 13.6. The maximum absolute atomic E-state index is 12.5. The molecule has 4 atom stereocenters. The summed E-state index contributed by atoms with van der Waals surface area (Å²) >= 11 is 0. The fourth-order valence-corrected chi connectivity index (χ4v) is 4.98. The van der Waals surface area contributed by atoms with Gasteiger partial charge in [0.2, 0.25) is 0 Å². The van der Waals surface area contributed by atoms with Crippen LogP contribution in [0.25, 0.3) is 0 Å². The molecule has 6 heteroatoms. The molecule has 0 radical (unpaired) electrons. The maximum Gasteiger partial charge on any atom is 0.169 e. The summed E-state index contributed by atoms with van der Waals surface area (Å²) in [6, 6.07) is 6.09. The number of fused-ring (bicyclic) bond motifs is 2. The largest absolute Gasteiger partial charge is 0.507 e. The van der Waals surface area contributed by atoms with Crippen LogP contribution in [0, 0.1) is 0 Å². The van der Waals surface area contributed by atoms with Gasteiger partial charge in [0.25, 0.3) is 0 Å². The van der Waals surface area contributed by atoms with Crippen LogP contribution in [0.1, 0.15) is 67.6 Å². The van der Waals surface area contributed by atoms with E-state index in [0.717, 1.165) is 0 Å². The lowest BCUT2D eigenvalue weighted by Crippen LogP contribution is -2.40. The van der Waals surface area contributed by atoms with E-state index in [1.54, 1.807) is 12.1 Å². The number of Topliss-reactive ketones (excluding diaryl/α,β-unsaturated/α-hetero) is 2. The lowest BCUT2D eigenvalue weighted by atomic mass is 9.61. The van der Waals surface area contributed by atoms with Gasteiger partial charge in [-0.1, -0.05) is 12.1 Å². The second-order valence-electron chi connectivity index (χ2n) is 7.27. The van der Waals surface area contributed by atoms with Crippen LogP contribution >= 0.6 is 0 Å². The van der Waals surface area contributed by atoms with Gasteiger partial charge in [-0.2, -0.15) is 0 Å². The van der Waals surface area contributed by atoms with Gasteiger partial charge >= 0.3 is 0 Å². The van der Waals surface area contributed by atoms with Crippen LogP contribution in [0.15, 0.2) is 24.3 Å². The Balaban J connectivity index is 1.93. The summed E-state index contributed by atoms with van der Waals surface area (Å²) < 4.78 is 0. The molecule has 0 heterocycles. The SMILES string of the molecule is O=C1C[C@@H](O)[C@H]2c3ccc(O)c4c3[C@H](c3ccc(O)c1c32)[C@H](O)CC4=O. The second kappa shape index (κ2) is 4.93. The van der Waals surface area contributed by atoms with Crippen LogP contribution < -0.4 is 0 Å². The standard InChI is InChI=1S/C20H16O6/c21-9-3-1-7-15-11(23)5-14(26)20-10(22)4-2-8(18(15)20)16-12(24)6-13(25)19(9)17(7)16/h1-4,11-12,15-16,21-24H,5-6H2/t11-,12-,15-,16-/m1/s1. The molecule has 4 N–H and O–H groups in total. The molecule has 0 saturated carbocycles. The van der Waals surface area contributed by atoms with Crippen LogP contribution in [0.5, 0.6) is 11.5 Å². The Kier molecular flexibility index (Phi) is 2.95. The van der Waals surface area contributed by atoms with Gasteiger partial charge in [0.1, 0.15) is 11.5 Å². The quantitative estimate of drug-likeness (QED) is 0.572. The highest BCUT2D eigenvalue weighted by atomic mass is 16.3. The highest BCUT2D eigenvalue weighted by Gasteiger charge is 2.48. The molecule has 0 bridgehead atoms. The highest BCUT2D eigenvalue weighted by molar-refractivity contribution is 6.05. The average Bonchev–Trinajstić information content (AvgIpc) is 2.57. The molecule has 26 heavy (non-hydrogen) atoms. The summed E-state index contributed by atoms with van der Waals surface area (Å²) in [6.07, 6.45) is -2.27. The van der Waals surface area contributed by atoms with Gasteiger partial charge in [-0.05, 0) is 34.4 Å². The van der Waals surface area contributed by atoms with E-state index < -0.39 is 24.0 Å². The monoisotopic (exact) mass is 352 g/mol. The van der Waals surface area contributed by atoms with Gasteiger partial charge in [0.05, 0.1) is 23.3 Å². The van der Waals surface area contributed by atoms with E-state index in [1.807, 2.05) is 0 Å². The summed E-state index contributed by atoms with van der Waals surface area (Å²) in [5.41, 5.74) is 2.65. The lowest BCUT2D eigenvalue weighted by molar-refractivity contribution is 0.0755. The van der Waals surface area contributed by atoms with E-state index in [4.69, 9.17) is 0 Å². The smallest absolute Gasteiger partial charge is 0.169 e. The third-order valence-corrected chi connectivity index (χ3v) is 5.92. The first-order valence-corrected chi connectivity index (χ1v) is 8.54. The Labute approximate surface area is 148 Å². The molecule has 3 aliphatic carbocycles. The summed E-state index contributed by atoms with van der Waals surface area (Å²) in [5, 5.41) is 41.8. The van der Waals surface area contributed by atoms with Crippen molar-refractivity contribution in [2.75, 3.05) is 0 Å². The number of carbonyl (C=O) groups excluding carboxylic acids is 2. The van der Waals surface area contributed by atoms with Crippen molar-refractivity contribution in [3.05, 3.63) is 57.6 Å². The van der Waals surface area contributed by atoms with Crippen LogP contribution in [0.4, 0.5) is 0 Å². The summed E-state index contributed by atoms with van der Waals surface area (Å²) in [5.74, 6) is -2.15. The molecule has 0 spiro atoms. The first kappa shape index (κ1) is 15.5. The van der Waals surface area contributed by atoms with Gasteiger partial charge in [0, 0.05) is 24.7 Å². The minimum absolute atomic E-state index is 0.133. The molecular formula is C20H16O6. The molecule has 0 aliphatic heterocycles. The van der Waals surface area contributed by atoms with Crippen molar-refractivity contribution in [3.8, 4) is 11.5 Å². The van der Waals surface area contributed by atoms with Gasteiger partial charge < -0.3 is 20.4 Å². The Morgan fingerprint density at radius 1 is 0.692 bits per heavy atom. The predicted molar refractivity (Wildman–Crippen MR) is 89.8 cm³/mol. The first-order valence-electron chi connectivity index (χ1n) is 8.54. The minimum Gasteiger partial charge on any atom is -0.507 e. The van der Waals surface area contributed by atoms with Gasteiger partial charge in [-0.25, -0.2) is 0 Å². The number of ketones is 2. The Bertz CT molecular complexity index is 926. The van der Waals surface area contributed by atoms with Gasteiger partial charge in [-0.3, -0.25) is 9.59 Å². The van der Waals surface area contributed by atoms with Crippen molar-refractivity contribution in [2.24, 2.45) is 0 Å². The number of rotatable bonds is 0. The number of aliphatic hydroxyl groups excluding tert-OH is 2. The van der Waals surface area contributed by atoms with Crippen LogP contribution in [-0.4, -0.2) is 44.2 Å². The highest BCUT2D eigenvalue weighted by Crippen LogP contribution is 2.55. The number of benzene rings is 2. The van der Waals surface area contributed by atoms with Crippen molar-refractivity contribution in [1.29, 1.82) is 0 Å². The molecule has 0 saturated heterocycles. The zero-order valence-corrected chi connectivity index (χ0v) is 13.6. The van der Waals surface area contributed by atoms with Crippen molar-refractivity contribution >= 4 is 11.6 Å². The minimum atomic E-state index is -1.00. The van der Waals surface area contributed by atoms with Gasteiger partial charge in [-0.15, -0.1) is 0 Å². The number of carbonyl (C=O) groups is 2. The van der Waals surface area contributed by atoms with E-state index >= 15 is 0 Å². The Hall–Kier alpha value is -2.70. The predicted octanol–water partition coefficient (Wildman–Crippen LogP) is 1.57. The molecule has 0 aromatic heterocycles. The summed E-state index contributed by atoms with van der Waals surface area (Å²) in [6.45, 7) is 0. The van der Waals surface area contributed by atoms with Crippen LogP contribution in [-0.2, 0) is 0 Å². The van der Waals surface area contributed by atoms with E-state index in [1.165, 1.54) is 12.1 Å². The number of hydrogen-bond donors (Lipinski definition) is 4. The molecule has 2 aromatic carbocycles. The molecule has 132 valence electrons. The number of aliphatic hydroxyl groups is 2. The van der Waals surface area contributed by atoms with Gasteiger partial charge in [0.15, 0.2) is 11.6 Å². The molecule has 2 aromatic rings. The Morgan fingerprint density at radius 3 is 1.46 bits per heavy atom. The normalized spacial score (nSPS) is 28.5. The Morgan fingerprint density at radius 2 is 1.08 bits per heavy atom. The number of phenolic OH excluding ortho intramolecular Hbond substituents is 2. The number of phenols is 2. The molecule has 5 rings (SSSR count). The molecular weight excluding hydrogens is 336 g/mol. The fraction of sp³-hybridized carbons (Fsp3) is 0.300. The molecule has 0 unspecified atom stereocenters. The first-order chi connectivity index (χ1) is 12.4. The van der Waals surface area contributed by atoms with E-state index in [-0.39, 0.29) is 47.0 Å². The summed E-state index contributed by atoms with van der Waals surface area (Å²) in [7, 11) is 0. The van der Waals surface area contributed by atoms with E-state index in [0.29, 0.717) is 22.3 Å². The van der Waals surface area contributed by atoms with Crippen LogP contribution in [0.2, 0.25) is 0 Å². The lowest BCUT2D eigenvalue weighted by Gasteiger charge is -2.43. The topological polar surface area (TPSA) is 115 Å². The fourth-order valence-electron chi connectivity index (χ4n) is 4.98. The third kappa shape index (κ3) is 1.73. The van der Waals surface area contributed by atoms with E-state index in [9.17, 15) is 30.0 Å². The van der Waals surface area contributed by atoms with E-state index in [2.05, 4.69) is 0 Å². The van der Waals surface area contributed by atoms with Crippen molar-refractivity contribution in [3.63, 3.8) is 0 Å². The molecule has 0 amide bonds. The third-order valence-electron chi connectivity index (χ3n) is 5.92. The molecule has 6 nitrogen and oxygen atoms in total. The van der Waals surface area contributed by atoms with Crippen molar-refractivity contribution in [1.82, 2.24) is 0 Å². The van der Waals surface area contributed by atoms with Crippen molar-refractivity contribution < 1.29 is 30.0 Å². The maximum atomic E-state index is 12.5. The second-order valence-corrected chi connectivity index (χ2v) is 7.27. The number of aromatic hydroxyl groups is 2. The zero-order chi connectivity index (χ0) is 18.3. The average molecular weight is 352 g/mol. The number of hydrogen-bond acceptors (Lipinski definition) is 6. The summed E-state index contributed by atoms with van der Waals surface area (Å²) in [4.78, 5) is 24.9.